The van der Waals surface area contributed by atoms with Gasteiger partial charge in [0.2, 0.25) is 0 Å². The molecule has 0 spiro atoms. The average molecular weight is 641 g/mol. The third-order valence-electron chi connectivity index (χ3n) is 7.02. The third-order valence-corrected chi connectivity index (χ3v) is 7.83. The zero-order valence-electron chi connectivity index (χ0n) is 22.9. The SMILES string of the molecule is CC(C)(C)OCCN(CC(=O)c1c(Cl)cc(Cl)cc1Cl)C(=O)c1cnn(C2CCC(C)(C(=O)O)CC2)c1C(F)(F)F. The van der Waals surface area contributed by atoms with Crippen LogP contribution in [0, 0.1) is 5.41 Å². The molecular weight excluding hydrogens is 610 g/mol. The first-order chi connectivity index (χ1) is 18.8. The molecule has 41 heavy (non-hydrogen) atoms. The molecule has 0 radical (unpaired) electrons. The molecule has 1 aromatic heterocycles. The van der Waals surface area contributed by atoms with E-state index in [1.165, 1.54) is 12.1 Å². The van der Waals surface area contributed by atoms with E-state index < -0.39 is 58.7 Å². The van der Waals surface area contributed by atoms with Crippen molar-refractivity contribution >= 4 is 52.5 Å². The van der Waals surface area contributed by atoms with E-state index >= 15 is 0 Å². The minimum absolute atomic E-state index is 0.0692. The van der Waals surface area contributed by atoms with E-state index in [1.807, 2.05) is 0 Å². The van der Waals surface area contributed by atoms with Gasteiger partial charge in [-0.1, -0.05) is 34.8 Å². The molecule has 8 nitrogen and oxygen atoms in total. The van der Waals surface area contributed by atoms with Gasteiger partial charge in [0.1, 0.15) is 0 Å². The maximum absolute atomic E-state index is 14.4. The smallest absolute Gasteiger partial charge is 0.433 e. The van der Waals surface area contributed by atoms with Crippen molar-refractivity contribution in [2.45, 2.75) is 71.2 Å². The molecule has 0 bridgehead atoms. The van der Waals surface area contributed by atoms with Crippen molar-refractivity contribution in [1.82, 2.24) is 14.7 Å². The summed E-state index contributed by atoms with van der Waals surface area (Å²) in [7, 11) is 0. The first-order valence-electron chi connectivity index (χ1n) is 12.8. The minimum Gasteiger partial charge on any atom is -0.481 e. The molecule has 226 valence electrons. The average Bonchev–Trinajstić information content (AvgIpc) is 3.28. The summed E-state index contributed by atoms with van der Waals surface area (Å²) in [6, 6.07) is 1.83. The molecule has 14 heteroatoms. The lowest BCUT2D eigenvalue weighted by Gasteiger charge is -2.34. The predicted molar refractivity (Wildman–Crippen MR) is 148 cm³/mol. The van der Waals surface area contributed by atoms with Crippen LogP contribution in [0.4, 0.5) is 13.2 Å². The molecule has 0 aliphatic heterocycles. The molecule has 1 amide bonds. The van der Waals surface area contributed by atoms with Crippen LogP contribution in [0.3, 0.4) is 0 Å². The monoisotopic (exact) mass is 639 g/mol. The van der Waals surface area contributed by atoms with E-state index in [1.54, 1.807) is 27.7 Å². The zero-order chi connectivity index (χ0) is 30.9. The summed E-state index contributed by atoms with van der Waals surface area (Å²) < 4.78 is 49.7. The van der Waals surface area contributed by atoms with Crippen molar-refractivity contribution in [2.75, 3.05) is 19.7 Å². The van der Waals surface area contributed by atoms with Gasteiger partial charge >= 0.3 is 12.1 Å². The van der Waals surface area contributed by atoms with Crippen LogP contribution in [0.1, 0.15) is 85.8 Å². The van der Waals surface area contributed by atoms with Crippen LogP contribution in [0.2, 0.25) is 15.1 Å². The van der Waals surface area contributed by atoms with Gasteiger partial charge < -0.3 is 14.7 Å². The van der Waals surface area contributed by atoms with Gasteiger partial charge in [0, 0.05) is 11.6 Å². The molecule has 1 aromatic carbocycles. The van der Waals surface area contributed by atoms with Crippen LogP contribution in [-0.4, -0.2) is 62.7 Å². The quantitative estimate of drug-likeness (QED) is 0.291. The Morgan fingerprint density at radius 1 is 1.12 bits per heavy atom. The Labute approximate surface area is 250 Å². The number of carboxylic acids is 1. The Bertz CT molecular complexity index is 1290. The number of rotatable bonds is 9. The number of nitrogens with zero attached hydrogens (tertiary/aromatic N) is 3. The molecule has 1 aliphatic carbocycles. The van der Waals surface area contributed by atoms with Crippen molar-refractivity contribution < 1.29 is 37.4 Å². The van der Waals surface area contributed by atoms with Gasteiger partial charge in [-0.2, -0.15) is 18.3 Å². The molecule has 1 aliphatic rings. The van der Waals surface area contributed by atoms with Gasteiger partial charge in [-0.05, 0) is 65.5 Å². The van der Waals surface area contributed by atoms with E-state index in [2.05, 4.69) is 5.10 Å². The number of alkyl halides is 3. The molecule has 2 aromatic rings. The number of hydrogen-bond acceptors (Lipinski definition) is 5. The predicted octanol–water partition coefficient (Wildman–Crippen LogP) is 7.21. The first-order valence-corrected chi connectivity index (χ1v) is 14.0. The lowest BCUT2D eigenvalue weighted by molar-refractivity contribution is -0.152. The highest BCUT2D eigenvalue weighted by Crippen LogP contribution is 2.43. The number of benzene rings is 1. The number of halogens is 6. The second-order valence-corrected chi connectivity index (χ2v) is 12.6. The van der Waals surface area contributed by atoms with Gasteiger partial charge in [0.25, 0.3) is 5.91 Å². The van der Waals surface area contributed by atoms with E-state index in [0.29, 0.717) is 0 Å². The van der Waals surface area contributed by atoms with Crippen molar-refractivity contribution in [3.63, 3.8) is 0 Å². The molecule has 0 saturated heterocycles. The summed E-state index contributed by atoms with van der Waals surface area (Å²) in [4.78, 5) is 39.4. The van der Waals surface area contributed by atoms with Crippen molar-refractivity contribution in [2.24, 2.45) is 5.41 Å². The second kappa shape index (κ2) is 12.5. The summed E-state index contributed by atoms with van der Waals surface area (Å²) >= 11 is 18.3. The van der Waals surface area contributed by atoms with Crippen LogP contribution >= 0.6 is 34.8 Å². The number of carbonyl (C=O) groups excluding carboxylic acids is 2. The summed E-state index contributed by atoms with van der Waals surface area (Å²) in [6.07, 6.45) is -3.55. The third kappa shape index (κ3) is 7.94. The Hall–Kier alpha value is -2.34. The summed E-state index contributed by atoms with van der Waals surface area (Å²) in [5.41, 5.74) is -3.78. The standard InChI is InChI=1S/C27H31Cl3F3N3O5/c1-25(2,3)41-10-9-35(14-20(37)21-18(29)11-15(28)12-19(21)30)23(38)17-13-34-36(22(17)27(31,32)33)16-5-7-26(4,8-6-16)24(39)40/h11-13,16H,5-10,14H2,1-4H3,(H,39,40). The molecule has 1 fully saturated rings. The van der Waals surface area contributed by atoms with Crippen LogP contribution < -0.4 is 0 Å². The van der Waals surface area contributed by atoms with Crippen molar-refractivity contribution in [3.05, 3.63) is 50.2 Å². The largest absolute Gasteiger partial charge is 0.481 e. The summed E-state index contributed by atoms with van der Waals surface area (Å²) in [5.74, 6) is -2.80. The zero-order valence-corrected chi connectivity index (χ0v) is 25.2. The number of ketones is 1. The fourth-order valence-electron chi connectivity index (χ4n) is 4.72. The van der Waals surface area contributed by atoms with Crippen LogP contribution in [0.15, 0.2) is 18.3 Å². The van der Waals surface area contributed by atoms with Crippen LogP contribution in [0.25, 0.3) is 0 Å². The Kier molecular flexibility index (Phi) is 10.1. The van der Waals surface area contributed by atoms with Gasteiger partial charge in [0.15, 0.2) is 11.5 Å². The molecule has 1 N–H and O–H groups in total. The molecule has 1 saturated carbocycles. The van der Waals surface area contributed by atoms with E-state index in [-0.39, 0.29) is 59.5 Å². The topological polar surface area (TPSA) is 102 Å². The minimum atomic E-state index is -4.96. The molecule has 1 heterocycles. The van der Waals surface area contributed by atoms with Gasteiger partial charge in [0.05, 0.1) is 57.6 Å². The highest BCUT2D eigenvalue weighted by Gasteiger charge is 2.45. The number of ether oxygens (including phenoxy) is 1. The Morgan fingerprint density at radius 2 is 1.68 bits per heavy atom. The fraction of sp³-hybridized carbons (Fsp3) is 0.556. The Balaban J connectivity index is 1.96. The van der Waals surface area contributed by atoms with E-state index in [9.17, 15) is 32.7 Å². The molecular formula is C27H31Cl3F3N3O5. The summed E-state index contributed by atoms with van der Waals surface area (Å²) in [6.45, 7) is 5.93. The maximum atomic E-state index is 14.4. The number of aromatic nitrogens is 2. The summed E-state index contributed by atoms with van der Waals surface area (Å²) in [5, 5.41) is 13.5. The number of aliphatic carboxylic acids is 1. The number of amides is 1. The van der Waals surface area contributed by atoms with Crippen LogP contribution in [-0.2, 0) is 15.7 Å². The highest BCUT2D eigenvalue weighted by atomic mass is 35.5. The van der Waals surface area contributed by atoms with Gasteiger partial charge in [-0.25, -0.2) is 0 Å². The lowest BCUT2D eigenvalue weighted by Crippen LogP contribution is -2.40. The van der Waals surface area contributed by atoms with Crippen molar-refractivity contribution in [3.8, 4) is 0 Å². The molecule has 0 atom stereocenters. The highest BCUT2D eigenvalue weighted by molar-refractivity contribution is 6.42. The maximum Gasteiger partial charge on any atom is 0.433 e. The van der Waals surface area contributed by atoms with Crippen LogP contribution in [0.5, 0.6) is 0 Å². The normalized spacial score (nSPS) is 19.7. The number of Topliss-reactive ketones (excluding diaryl/α,β-unsaturated/α-hetero) is 1. The molecule has 0 unspecified atom stereocenters. The lowest BCUT2D eigenvalue weighted by atomic mass is 9.74. The first kappa shape index (κ1) is 33.2. The van der Waals surface area contributed by atoms with Gasteiger partial charge in [-0.3, -0.25) is 19.1 Å². The Morgan fingerprint density at radius 3 is 2.17 bits per heavy atom. The number of carbonyl (C=O) groups is 3. The van der Waals surface area contributed by atoms with E-state index in [4.69, 9.17) is 39.5 Å². The van der Waals surface area contributed by atoms with E-state index in [0.717, 1.165) is 15.8 Å². The molecule has 3 rings (SSSR count). The fourth-order valence-corrected chi connectivity index (χ4v) is 5.75. The second-order valence-electron chi connectivity index (χ2n) is 11.3. The van der Waals surface area contributed by atoms with Crippen molar-refractivity contribution in [1.29, 1.82) is 0 Å². The van der Waals surface area contributed by atoms with Gasteiger partial charge in [-0.15, -0.1) is 0 Å². The number of hydrogen-bond donors (Lipinski definition) is 1. The number of carboxylic acid groups (broad SMARTS) is 1.